The lowest BCUT2D eigenvalue weighted by atomic mass is 10.1. The van der Waals surface area contributed by atoms with Crippen LogP contribution in [0.2, 0.25) is 0 Å². The Morgan fingerprint density at radius 3 is 2.50 bits per heavy atom. The Balaban J connectivity index is 1.48. The van der Waals surface area contributed by atoms with Crippen LogP contribution in [-0.2, 0) is 4.79 Å². The van der Waals surface area contributed by atoms with Crippen LogP contribution >= 0.6 is 0 Å². The number of piperidine rings is 1. The smallest absolute Gasteiger partial charge is 0.253 e. The van der Waals surface area contributed by atoms with E-state index in [0.717, 1.165) is 55.9 Å². The van der Waals surface area contributed by atoms with Crippen LogP contribution in [0.5, 0.6) is 5.75 Å². The quantitative estimate of drug-likeness (QED) is 0.597. The maximum Gasteiger partial charge on any atom is 0.253 e. The molecule has 1 heterocycles. The topological polar surface area (TPSA) is 70.7 Å². The Morgan fingerprint density at radius 2 is 1.77 bits per heavy atom. The summed E-state index contributed by atoms with van der Waals surface area (Å²) >= 11 is 0. The average molecular weight is 410 g/mol. The molecule has 0 atom stereocenters. The summed E-state index contributed by atoms with van der Waals surface area (Å²) in [6.45, 7) is 4.59. The molecule has 0 aliphatic carbocycles. The SMILES string of the molecule is CCCCOc1ccc(NC(=O)CNc2cccc(C(=O)N3CCCCC3)c2)cc1. The first-order valence-electron chi connectivity index (χ1n) is 10.8. The molecule has 2 aromatic rings. The minimum atomic E-state index is -0.151. The van der Waals surface area contributed by atoms with Crippen molar-refractivity contribution in [3.63, 3.8) is 0 Å². The molecule has 1 saturated heterocycles. The number of carbonyl (C=O) groups is 2. The van der Waals surface area contributed by atoms with Gasteiger partial charge in [-0.15, -0.1) is 0 Å². The van der Waals surface area contributed by atoms with E-state index in [1.165, 1.54) is 6.42 Å². The summed E-state index contributed by atoms with van der Waals surface area (Å²) in [6, 6.07) is 14.7. The number of unbranched alkanes of at least 4 members (excludes halogenated alkanes) is 1. The van der Waals surface area contributed by atoms with Gasteiger partial charge in [-0.1, -0.05) is 19.4 Å². The third-order valence-electron chi connectivity index (χ3n) is 5.11. The van der Waals surface area contributed by atoms with Gasteiger partial charge in [-0.2, -0.15) is 0 Å². The maximum atomic E-state index is 12.7. The van der Waals surface area contributed by atoms with Crippen LogP contribution in [0.4, 0.5) is 11.4 Å². The van der Waals surface area contributed by atoms with Gasteiger partial charge >= 0.3 is 0 Å². The molecule has 6 heteroatoms. The number of likely N-dealkylation sites (tertiary alicyclic amines) is 1. The number of benzene rings is 2. The predicted molar refractivity (Wildman–Crippen MR) is 120 cm³/mol. The van der Waals surface area contributed by atoms with Gasteiger partial charge in [0.15, 0.2) is 0 Å². The van der Waals surface area contributed by atoms with Crippen molar-refractivity contribution in [2.75, 3.05) is 36.9 Å². The van der Waals surface area contributed by atoms with Crippen LogP contribution in [0.25, 0.3) is 0 Å². The van der Waals surface area contributed by atoms with Gasteiger partial charge in [0.25, 0.3) is 5.91 Å². The molecular formula is C24H31N3O3. The van der Waals surface area contributed by atoms with Crippen molar-refractivity contribution in [3.8, 4) is 5.75 Å². The van der Waals surface area contributed by atoms with Gasteiger partial charge in [0.2, 0.25) is 5.91 Å². The van der Waals surface area contributed by atoms with E-state index >= 15 is 0 Å². The standard InChI is InChI=1S/C24H31N3O3/c1-2-3-16-30-22-12-10-20(11-13-22)26-23(28)18-25-21-9-7-8-19(17-21)24(29)27-14-5-4-6-15-27/h7-13,17,25H,2-6,14-16,18H2,1H3,(H,26,28). The van der Waals surface area contributed by atoms with Gasteiger partial charge in [0, 0.05) is 30.0 Å². The molecule has 2 N–H and O–H groups in total. The summed E-state index contributed by atoms with van der Waals surface area (Å²) < 4.78 is 5.63. The van der Waals surface area contributed by atoms with E-state index in [4.69, 9.17) is 4.74 Å². The number of hydrogen-bond acceptors (Lipinski definition) is 4. The van der Waals surface area contributed by atoms with Gasteiger partial charge in [-0.05, 0) is 68.1 Å². The molecule has 0 bridgehead atoms. The number of hydrogen-bond donors (Lipinski definition) is 2. The monoisotopic (exact) mass is 409 g/mol. The highest BCUT2D eigenvalue weighted by Gasteiger charge is 2.18. The second kappa shape index (κ2) is 11.2. The summed E-state index contributed by atoms with van der Waals surface area (Å²) in [6.07, 6.45) is 5.44. The number of anilines is 2. The first-order chi connectivity index (χ1) is 14.7. The summed E-state index contributed by atoms with van der Waals surface area (Å²) in [5, 5.41) is 5.96. The first kappa shape index (κ1) is 21.7. The van der Waals surface area contributed by atoms with Crippen LogP contribution < -0.4 is 15.4 Å². The number of rotatable bonds is 9. The minimum Gasteiger partial charge on any atom is -0.494 e. The maximum absolute atomic E-state index is 12.7. The van der Waals surface area contributed by atoms with Crippen molar-refractivity contribution in [2.45, 2.75) is 39.0 Å². The third-order valence-corrected chi connectivity index (χ3v) is 5.11. The Bertz CT molecular complexity index is 830. The molecule has 2 aromatic carbocycles. The van der Waals surface area contributed by atoms with Crippen molar-refractivity contribution in [3.05, 3.63) is 54.1 Å². The summed E-state index contributed by atoms with van der Waals surface area (Å²) in [4.78, 5) is 26.8. The largest absolute Gasteiger partial charge is 0.494 e. The van der Waals surface area contributed by atoms with E-state index < -0.39 is 0 Å². The van der Waals surface area contributed by atoms with Crippen molar-refractivity contribution < 1.29 is 14.3 Å². The zero-order valence-electron chi connectivity index (χ0n) is 17.7. The van der Waals surface area contributed by atoms with E-state index in [1.807, 2.05) is 53.4 Å². The van der Waals surface area contributed by atoms with Gasteiger partial charge in [0.1, 0.15) is 5.75 Å². The van der Waals surface area contributed by atoms with Crippen LogP contribution in [0, 0.1) is 0 Å². The van der Waals surface area contributed by atoms with E-state index in [-0.39, 0.29) is 18.4 Å². The highest BCUT2D eigenvalue weighted by atomic mass is 16.5. The third kappa shape index (κ3) is 6.51. The lowest BCUT2D eigenvalue weighted by Crippen LogP contribution is -2.35. The second-order valence-corrected chi connectivity index (χ2v) is 7.56. The van der Waals surface area contributed by atoms with Crippen molar-refractivity contribution in [1.29, 1.82) is 0 Å². The number of amides is 2. The van der Waals surface area contributed by atoms with Gasteiger partial charge in [-0.3, -0.25) is 9.59 Å². The highest BCUT2D eigenvalue weighted by molar-refractivity contribution is 5.96. The molecule has 0 unspecified atom stereocenters. The van der Waals surface area contributed by atoms with Crippen molar-refractivity contribution in [2.24, 2.45) is 0 Å². The average Bonchev–Trinajstić information content (AvgIpc) is 2.79. The lowest BCUT2D eigenvalue weighted by molar-refractivity contribution is -0.114. The van der Waals surface area contributed by atoms with E-state index in [0.29, 0.717) is 12.2 Å². The zero-order valence-corrected chi connectivity index (χ0v) is 17.7. The van der Waals surface area contributed by atoms with E-state index in [9.17, 15) is 9.59 Å². The van der Waals surface area contributed by atoms with Crippen molar-refractivity contribution >= 4 is 23.2 Å². The fourth-order valence-corrected chi connectivity index (χ4v) is 3.40. The molecule has 30 heavy (non-hydrogen) atoms. The van der Waals surface area contributed by atoms with Crippen LogP contribution in [-0.4, -0.2) is 43.0 Å². The lowest BCUT2D eigenvalue weighted by Gasteiger charge is -2.26. The molecule has 0 radical (unpaired) electrons. The molecule has 1 fully saturated rings. The first-order valence-corrected chi connectivity index (χ1v) is 10.8. The summed E-state index contributed by atoms with van der Waals surface area (Å²) in [5.74, 6) is 0.709. The van der Waals surface area contributed by atoms with Crippen molar-refractivity contribution in [1.82, 2.24) is 4.90 Å². The minimum absolute atomic E-state index is 0.0593. The van der Waals surface area contributed by atoms with Crippen LogP contribution in [0.15, 0.2) is 48.5 Å². The Labute approximate surface area is 178 Å². The molecule has 3 rings (SSSR count). The molecule has 0 aromatic heterocycles. The Morgan fingerprint density at radius 1 is 1.00 bits per heavy atom. The Kier molecular flexibility index (Phi) is 8.12. The van der Waals surface area contributed by atoms with E-state index in [2.05, 4.69) is 17.6 Å². The second-order valence-electron chi connectivity index (χ2n) is 7.56. The van der Waals surface area contributed by atoms with Crippen LogP contribution in [0.1, 0.15) is 49.4 Å². The molecule has 1 aliphatic rings. The fourth-order valence-electron chi connectivity index (χ4n) is 3.40. The van der Waals surface area contributed by atoms with Crippen LogP contribution in [0.3, 0.4) is 0 Å². The number of nitrogens with zero attached hydrogens (tertiary/aromatic N) is 1. The summed E-state index contributed by atoms with van der Waals surface area (Å²) in [7, 11) is 0. The number of ether oxygens (including phenoxy) is 1. The molecule has 0 saturated carbocycles. The number of nitrogens with one attached hydrogen (secondary N) is 2. The molecule has 160 valence electrons. The highest BCUT2D eigenvalue weighted by Crippen LogP contribution is 2.18. The normalized spacial score (nSPS) is 13.6. The number of carbonyl (C=O) groups excluding carboxylic acids is 2. The zero-order chi connectivity index (χ0) is 21.2. The van der Waals surface area contributed by atoms with Gasteiger partial charge in [-0.25, -0.2) is 0 Å². The molecule has 2 amide bonds. The predicted octanol–water partition coefficient (Wildman–Crippen LogP) is 4.54. The van der Waals surface area contributed by atoms with Gasteiger partial charge < -0.3 is 20.3 Å². The summed E-state index contributed by atoms with van der Waals surface area (Å²) in [5.41, 5.74) is 2.13. The fraction of sp³-hybridized carbons (Fsp3) is 0.417. The molecule has 1 aliphatic heterocycles. The van der Waals surface area contributed by atoms with E-state index in [1.54, 1.807) is 0 Å². The van der Waals surface area contributed by atoms with Gasteiger partial charge in [0.05, 0.1) is 13.2 Å². The molecular weight excluding hydrogens is 378 g/mol. The molecule has 6 nitrogen and oxygen atoms in total. The Hall–Kier alpha value is -3.02. The molecule has 0 spiro atoms.